The van der Waals surface area contributed by atoms with Gasteiger partial charge in [-0.15, -0.1) is 0 Å². The van der Waals surface area contributed by atoms with E-state index in [-0.39, 0.29) is 0 Å². The molecule has 0 heterocycles. The van der Waals surface area contributed by atoms with Gasteiger partial charge >= 0.3 is 0 Å². The molecule has 1 heteroatoms. The average Bonchev–Trinajstić information content (AvgIpc) is 2.30. The zero-order valence-corrected chi connectivity index (χ0v) is 10.5. The van der Waals surface area contributed by atoms with Crippen LogP contribution in [0.4, 0.5) is 0 Å². The molecule has 0 aromatic heterocycles. The maximum absolute atomic E-state index is 5.72. The second-order valence-electron chi connectivity index (χ2n) is 4.67. The van der Waals surface area contributed by atoms with Crippen molar-refractivity contribution in [3.63, 3.8) is 0 Å². The van der Waals surface area contributed by atoms with Gasteiger partial charge in [-0.3, -0.25) is 0 Å². The summed E-state index contributed by atoms with van der Waals surface area (Å²) in [5.74, 6) is 0. The van der Waals surface area contributed by atoms with Crippen molar-refractivity contribution in [2.24, 2.45) is 0 Å². The Balaban J connectivity index is 2.09. The summed E-state index contributed by atoms with van der Waals surface area (Å²) in [6, 6.07) is 7.00. The van der Waals surface area contributed by atoms with Gasteiger partial charge in [0.1, 0.15) is 0 Å². The largest absolute Gasteiger partial charge is 0.378 e. The van der Waals surface area contributed by atoms with E-state index < -0.39 is 0 Å². The third kappa shape index (κ3) is 2.65. The molecule has 1 unspecified atom stereocenters. The summed E-state index contributed by atoms with van der Waals surface area (Å²) in [6.45, 7) is 5.17. The molecule has 0 amide bonds. The van der Waals surface area contributed by atoms with Gasteiger partial charge in [0.25, 0.3) is 0 Å². The summed E-state index contributed by atoms with van der Waals surface area (Å²) >= 11 is 0. The van der Waals surface area contributed by atoms with E-state index in [1.807, 2.05) is 0 Å². The predicted molar refractivity (Wildman–Crippen MR) is 67.9 cm³/mol. The molecule has 0 radical (unpaired) electrons. The fraction of sp³-hybridized carbons (Fsp3) is 0.600. The normalized spacial score (nSPS) is 19.5. The van der Waals surface area contributed by atoms with Crippen molar-refractivity contribution in [1.29, 1.82) is 0 Å². The van der Waals surface area contributed by atoms with Crippen LogP contribution in [0.1, 0.15) is 43.4 Å². The highest BCUT2D eigenvalue weighted by atomic mass is 16.5. The molecule has 1 aromatic carbocycles. The number of fused-ring (bicyclic) bond motifs is 1. The van der Waals surface area contributed by atoms with E-state index in [2.05, 4.69) is 32.0 Å². The van der Waals surface area contributed by atoms with Gasteiger partial charge in [0.15, 0.2) is 0 Å². The molecule has 0 N–H and O–H groups in total. The van der Waals surface area contributed by atoms with E-state index in [0.717, 1.165) is 13.0 Å². The summed E-state index contributed by atoms with van der Waals surface area (Å²) < 4.78 is 5.72. The second-order valence-corrected chi connectivity index (χ2v) is 4.67. The Morgan fingerprint density at radius 3 is 2.88 bits per heavy atom. The zero-order valence-electron chi connectivity index (χ0n) is 10.5. The van der Waals surface area contributed by atoms with E-state index in [1.165, 1.54) is 36.8 Å². The van der Waals surface area contributed by atoms with Crippen LogP contribution < -0.4 is 0 Å². The summed E-state index contributed by atoms with van der Waals surface area (Å²) in [6.07, 6.45) is 6.39. The van der Waals surface area contributed by atoms with Crippen LogP contribution in [0, 0.1) is 0 Å². The first-order valence-corrected chi connectivity index (χ1v) is 6.55. The standard InChI is InChI=1S/C15H22O/c1-3-5-12-6-7-14-11-15(16-4-2)9-8-13(14)10-12/h6-7,10,15H,3-5,8-9,11H2,1-2H3. The summed E-state index contributed by atoms with van der Waals surface area (Å²) in [5, 5.41) is 0. The molecule has 0 saturated heterocycles. The molecule has 1 nitrogen and oxygen atoms in total. The lowest BCUT2D eigenvalue weighted by Gasteiger charge is -2.25. The van der Waals surface area contributed by atoms with Gasteiger partial charge in [-0.2, -0.15) is 0 Å². The molecular formula is C15H22O. The van der Waals surface area contributed by atoms with Gasteiger partial charge in [-0.1, -0.05) is 31.5 Å². The number of ether oxygens (including phenoxy) is 1. The molecule has 16 heavy (non-hydrogen) atoms. The summed E-state index contributed by atoms with van der Waals surface area (Å²) in [7, 11) is 0. The van der Waals surface area contributed by atoms with Gasteiger partial charge in [0.2, 0.25) is 0 Å². The van der Waals surface area contributed by atoms with E-state index in [4.69, 9.17) is 4.74 Å². The Labute approximate surface area is 98.8 Å². The monoisotopic (exact) mass is 218 g/mol. The molecule has 0 bridgehead atoms. The van der Waals surface area contributed by atoms with Crippen LogP contribution in [0.3, 0.4) is 0 Å². The summed E-state index contributed by atoms with van der Waals surface area (Å²) in [5.41, 5.74) is 4.56. The molecule has 0 aliphatic heterocycles. The molecule has 0 spiro atoms. The minimum Gasteiger partial charge on any atom is -0.378 e. The molecule has 1 aliphatic carbocycles. The Bertz CT molecular complexity index is 343. The molecule has 2 rings (SSSR count). The highest BCUT2D eigenvalue weighted by molar-refractivity contribution is 5.34. The van der Waals surface area contributed by atoms with E-state index in [0.29, 0.717) is 6.10 Å². The van der Waals surface area contributed by atoms with Crippen LogP contribution in [-0.4, -0.2) is 12.7 Å². The molecule has 88 valence electrons. The lowest BCUT2D eigenvalue weighted by Crippen LogP contribution is -2.22. The lowest BCUT2D eigenvalue weighted by atomic mass is 9.88. The first kappa shape index (κ1) is 11.7. The fourth-order valence-electron chi connectivity index (χ4n) is 2.60. The molecule has 1 atom stereocenters. The maximum Gasteiger partial charge on any atom is 0.0618 e. The third-order valence-corrected chi connectivity index (χ3v) is 3.39. The maximum atomic E-state index is 5.72. The predicted octanol–water partition coefficient (Wildman–Crippen LogP) is 3.53. The topological polar surface area (TPSA) is 9.23 Å². The quantitative estimate of drug-likeness (QED) is 0.751. The van der Waals surface area contributed by atoms with E-state index in [9.17, 15) is 0 Å². The van der Waals surface area contributed by atoms with E-state index in [1.54, 1.807) is 5.56 Å². The van der Waals surface area contributed by atoms with Crippen LogP contribution in [-0.2, 0) is 24.0 Å². The number of rotatable bonds is 4. The van der Waals surface area contributed by atoms with Crippen molar-refractivity contribution in [1.82, 2.24) is 0 Å². The fourth-order valence-corrected chi connectivity index (χ4v) is 2.60. The van der Waals surface area contributed by atoms with Gasteiger partial charge in [-0.05, 0) is 49.3 Å². The highest BCUT2D eigenvalue weighted by Crippen LogP contribution is 2.24. The minimum absolute atomic E-state index is 0.453. The minimum atomic E-state index is 0.453. The van der Waals surface area contributed by atoms with Gasteiger partial charge < -0.3 is 4.74 Å². The van der Waals surface area contributed by atoms with Gasteiger partial charge in [0.05, 0.1) is 6.10 Å². The van der Waals surface area contributed by atoms with Crippen molar-refractivity contribution in [3.8, 4) is 0 Å². The summed E-state index contributed by atoms with van der Waals surface area (Å²) in [4.78, 5) is 0. The van der Waals surface area contributed by atoms with Gasteiger partial charge in [-0.25, -0.2) is 0 Å². The van der Waals surface area contributed by atoms with E-state index >= 15 is 0 Å². The average molecular weight is 218 g/mol. The van der Waals surface area contributed by atoms with Crippen molar-refractivity contribution in [2.45, 2.75) is 52.1 Å². The number of benzene rings is 1. The number of aryl methyl sites for hydroxylation is 2. The van der Waals surface area contributed by atoms with Crippen LogP contribution in [0.5, 0.6) is 0 Å². The van der Waals surface area contributed by atoms with Crippen molar-refractivity contribution >= 4 is 0 Å². The van der Waals surface area contributed by atoms with Crippen molar-refractivity contribution < 1.29 is 4.74 Å². The van der Waals surface area contributed by atoms with Crippen molar-refractivity contribution in [2.75, 3.05) is 6.61 Å². The Morgan fingerprint density at radius 1 is 1.25 bits per heavy atom. The van der Waals surface area contributed by atoms with Crippen LogP contribution in [0.15, 0.2) is 18.2 Å². The van der Waals surface area contributed by atoms with Crippen molar-refractivity contribution in [3.05, 3.63) is 34.9 Å². The van der Waals surface area contributed by atoms with Crippen LogP contribution in [0.2, 0.25) is 0 Å². The first-order chi connectivity index (χ1) is 7.83. The number of hydrogen-bond acceptors (Lipinski definition) is 1. The van der Waals surface area contributed by atoms with Crippen LogP contribution >= 0.6 is 0 Å². The molecule has 1 aliphatic rings. The Kier molecular flexibility index (Phi) is 4.00. The first-order valence-electron chi connectivity index (χ1n) is 6.55. The SMILES string of the molecule is CCCc1ccc2c(c1)CCC(OCC)C2. The molecular weight excluding hydrogens is 196 g/mol. The van der Waals surface area contributed by atoms with Gasteiger partial charge in [0, 0.05) is 6.61 Å². The highest BCUT2D eigenvalue weighted by Gasteiger charge is 2.18. The third-order valence-electron chi connectivity index (χ3n) is 3.39. The zero-order chi connectivity index (χ0) is 11.4. The Morgan fingerprint density at radius 2 is 2.12 bits per heavy atom. The molecule has 1 aromatic rings. The number of hydrogen-bond donors (Lipinski definition) is 0. The molecule has 0 fully saturated rings. The lowest BCUT2D eigenvalue weighted by molar-refractivity contribution is 0.0534. The molecule has 0 saturated carbocycles. The smallest absolute Gasteiger partial charge is 0.0618 e. The second kappa shape index (κ2) is 5.49. The Hall–Kier alpha value is -0.820. The van der Waals surface area contributed by atoms with Crippen LogP contribution in [0.25, 0.3) is 0 Å².